The van der Waals surface area contributed by atoms with E-state index in [4.69, 9.17) is 5.73 Å². The molecule has 0 amide bonds. The fraction of sp³-hybridized carbons (Fsp3) is 0.0769. The fourth-order valence-electron chi connectivity index (χ4n) is 1.84. The number of benzene rings is 1. The minimum atomic E-state index is -0.868. The van der Waals surface area contributed by atoms with E-state index in [1.54, 1.807) is 0 Å². The van der Waals surface area contributed by atoms with Crippen molar-refractivity contribution >= 4 is 33.3 Å². The summed E-state index contributed by atoms with van der Waals surface area (Å²) in [4.78, 5) is 9.02. The average Bonchev–Trinajstić information content (AvgIpc) is 2.88. The quantitative estimate of drug-likeness (QED) is 0.778. The van der Waals surface area contributed by atoms with E-state index in [-0.39, 0.29) is 5.95 Å². The SMILES string of the molecule is Nc1nc(NCc2ccc(F)c(F)c2)c2ccsc2n1. The zero-order valence-corrected chi connectivity index (χ0v) is 11.0. The molecule has 0 aliphatic heterocycles. The van der Waals surface area contributed by atoms with Crippen LogP contribution in [-0.4, -0.2) is 9.97 Å². The van der Waals surface area contributed by atoms with E-state index in [0.717, 1.165) is 22.3 Å². The van der Waals surface area contributed by atoms with Gasteiger partial charge in [-0.15, -0.1) is 11.3 Å². The lowest BCUT2D eigenvalue weighted by Crippen LogP contribution is -2.05. The number of hydrogen-bond acceptors (Lipinski definition) is 5. The first kappa shape index (κ1) is 12.7. The standard InChI is InChI=1S/C13H10F2N4S/c14-9-2-1-7(5-10(9)15)6-17-11-8-3-4-20-12(8)19-13(16)18-11/h1-5H,6H2,(H3,16,17,18,19). The lowest BCUT2D eigenvalue weighted by atomic mass is 10.2. The number of nitrogens with zero attached hydrogens (tertiary/aromatic N) is 2. The van der Waals surface area contributed by atoms with Crippen LogP contribution in [0.3, 0.4) is 0 Å². The van der Waals surface area contributed by atoms with E-state index in [1.165, 1.54) is 17.4 Å². The molecule has 0 aliphatic rings. The summed E-state index contributed by atoms with van der Waals surface area (Å²) in [5, 5.41) is 5.81. The molecule has 0 aliphatic carbocycles. The van der Waals surface area contributed by atoms with Crippen molar-refractivity contribution in [3.63, 3.8) is 0 Å². The second-order valence-electron chi connectivity index (χ2n) is 4.17. The van der Waals surface area contributed by atoms with Crippen molar-refractivity contribution in [3.8, 4) is 0 Å². The molecule has 0 radical (unpaired) electrons. The largest absolute Gasteiger partial charge is 0.368 e. The number of fused-ring (bicyclic) bond motifs is 1. The molecule has 3 N–H and O–H groups in total. The highest BCUT2D eigenvalue weighted by molar-refractivity contribution is 7.16. The van der Waals surface area contributed by atoms with E-state index in [0.29, 0.717) is 17.9 Å². The third-order valence-electron chi connectivity index (χ3n) is 2.79. The predicted octanol–water partition coefficient (Wildman–Crippen LogP) is 3.16. The summed E-state index contributed by atoms with van der Waals surface area (Å²) < 4.78 is 26.0. The van der Waals surface area contributed by atoms with Gasteiger partial charge in [0, 0.05) is 6.54 Å². The number of nitrogens with two attached hydrogens (primary N) is 1. The van der Waals surface area contributed by atoms with Crippen molar-refractivity contribution in [1.29, 1.82) is 0 Å². The Labute approximate surface area is 117 Å². The van der Waals surface area contributed by atoms with Crippen molar-refractivity contribution in [2.75, 3.05) is 11.1 Å². The molecule has 7 heteroatoms. The van der Waals surface area contributed by atoms with E-state index in [2.05, 4.69) is 15.3 Å². The summed E-state index contributed by atoms with van der Waals surface area (Å²) >= 11 is 1.46. The Balaban J connectivity index is 1.86. The van der Waals surface area contributed by atoms with Gasteiger partial charge in [-0.05, 0) is 29.1 Å². The maximum absolute atomic E-state index is 13.1. The van der Waals surface area contributed by atoms with Gasteiger partial charge >= 0.3 is 0 Å². The molecule has 4 nitrogen and oxygen atoms in total. The smallest absolute Gasteiger partial charge is 0.223 e. The molecule has 3 rings (SSSR count). The molecule has 2 heterocycles. The van der Waals surface area contributed by atoms with E-state index >= 15 is 0 Å². The number of thiophene rings is 1. The number of halogens is 2. The molecule has 0 fully saturated rings. The Morgan fingerprint density at radius 2 is 2.00 bits per heavy atom. The summed E-state index contributed by atoms with van der Waals surface area (Å²) in [5.41, 5.74) is 6.25. The molecule has 0 saturated heterocycles. The van der Waals surface area contributed by atoms with Gasteiger partial charge in [0.1, 0.15) is 10.6 Å². The molecule has 2 aromatic heterocycles. The van der Waals surface area contributed by atoms with Gasteiger partial charge in [0.05, 0.1) is 5.39 Å². The van der Waals surface area contributed by atoms with Crippen LogP contribution in [-0.2, 0) is 6.54 Å². The van der Waals surface area contributed by atoms with Crippen LogP contribution < -0.4 is 11.1 Å². The van der Waals surface area contributed by atoms with E-state index in [1.807, 2.05) is 11.4 Å². The minimum Gasteiger partial charge on any atom is -0.368 e. The second-order valence-corrected chi connectivity index (χ2v) is 5.07. The monoisotopic (exact) mass is 292 g/mol. The van der Waals surface area contributed by atoms with Gasteiger partial charge in [-0.25, -0.2) is 13.8 Å². The van der Waals surface area contributed by atoms with Crippen LogP contribution in [0.1, 0.15) is 5.56 Å². The van der Waals surface area contributed by atoms with Crippen LogP contribution in [0, 0.1) is 11.6 Å². The van der Waals surface area contributed by atoms with Crippen LogP contribution in [0.4, 0.5) is 20.5 Å². The third kappa shape index (κ3) is 2.39. The number of nitrogens with one attached hydrogen (secondary N) is 1. The maximum atomic E-state index is 13.1. The summed E-state index contributed by atoms with van der Waals surface area (Å²) in [7, 11) is 0. The van der Waals surface area contributed by atoms with Crippen LogP contribution in [0.25, 0.3) is 10.2 Å². The van der Waals surface area contributed by atoms with Crippen molar-refractivity contribution in [2.24, 2.45) is 0 Å². The van der Waals surface area contributed by atoms with Crippen molar-refractivity contribution in [1.82, 2.24) is 9.97 Å². The molecule has 3 aromatic rings. The third-order valence-corrected chi connectivity index (χ3v) is 3.59. The highest BCUT2D eigenvalue weighted by Gasteiger charge is 2.08. The lowest BCUT2D eigenvalue weighted by molar-refractivity contribution is 0.507. The Kier molecular flexibility index (Phi) is 3.19. The number of aromatic nitrogens is 2. The van der Waals surface area contributed by atoms with Gasteiger partial charge in [0.15, 0.2) is 11.6 Å². The summed E-state index contributed by atoms with van der Waals surface area (Å²) in [6.07, 6.45) is 0. The van der Waals surface area contributed by atoms with Gasteiger partial charge in [-0.2, -0.15) is 4.98 Å². The Morgan fingerprint density at radius 3 is 2.80 bits per heavy atom. The van der Waals surface area contributed by atoms with Gasteiger partial charge in [-0.1, -0.05) is 6.07 Å². The maximum Gasteiger partial charge on any atom is 0.223 e. The minimum absolute atomic E-state index is 0.174. The fourth-order valence-corrected chi connectivity index (χ4v) is 2.61. The molecule has 0 bridgehead atoms. The highest BCUT2D eigenvalue weighted by Crippen LogP contribution is 2.26. The number of anilines is 2. The predicted molar refractivity (Wildman–Crippen MR) is 75.5 cm³/mol. The van der Waals surface area contributed by atoms with Gasteiger partial charge in [0.2, 0.25) is 5.95 Å². The van der Waals surface area contributed by atoms with Gasteiger partial charge in [0.25, 0.3) is 0 Å². The van der Waals surface area contributed by atoms with Crippen LogP contribution >= 0.6 is 11.3 Å². The summed E-state index contributed by atoms with van der Waals surface area (Å²) in [5.74, 6) is -0.973. The second kappa shape index (κ2) is 5.01. The zero-order valence-electron chi connectivity index (χ0n) is 10.2. The summed E-state index contributed by atoms with van der Waals surface area (Å²) in [6.45, 7) is 0.318. The van der Waals surface area contributed by atoms with E-state index < -0.39 is 11.6 Å². The molecule has 0 spiro atoms. The Hall–Kier alpha value is -2.28. The Bertz CT molecular complexity index is 772. The number of rotatable bonds is 3. The molecule has 0 saturated carbocycles. The molecule has 1 aromatic carbocycles. The Morgan fingerprint density at radius 1 is 1.15 bits per heavy atom. The number of hydrogen-bond donors (Lipinski definition) is 2. The van der Waals surface area contributed by atoms with Crippen molar-refractivity contribution in [3.05, 3.63) is 46.8 Å². The van der Waals surface area contributed by atoms with Gasteiger partial charge < -0.3 is 11.1 Å². The average molecular weight is 292 g/mol. The van der Waals surface area contributed by atoms with Crippen LogP contribution in [0.2, 0.25) is 0 Å². The van der Waals surface area contributed by atoms with Crippen molar-refractivity contribution < 1.29 is 8.78 Å². The van der Waals surface area contributed by atoms with Gasteiger partial charge in [-0.3, -0.25) is 0 Å². The topological polar surface area (TPSA) is 63.8 Å². The van der Waals surface area contributed by atoms with E-state index in [9.17, 15) is 8.78 Å². The first-order valence-electron chi connectivity index (χ1n) is 5.82. The lowest BCUT2D eigenvalue weighted by Gasteiger charge is -2.08. The molecule has 102 valence electrons. The molecule has 0 atom stereocenters. The highest BCUT2D eigenvalue weighted by atomic mass is 32.1. The summed E-state index contributed by atoms with van der Waals surface area (Å²) in [6, 6.07) is 5.65. The molecular weight excluding hydrogens is 282 g/mol. The molecule has 0 unspecified atom stereocenters. The first-order chi connectivity index (χ1) is 9.63. The van der Waals surface area contributed by atoms with Crippen LogP contribution in [0.15, 0.2) is 29.6 Å². The normalized spacial score (nSPS) is 10.9. The number of nitrogen functional groups attached to an aromatic ring is 1. The zero-order chi connectivity index (χ0) is 14.1. The van der Waals surface area contributed by atoms with Crippen molar-refractivity contribution in [2.45, 2.75) is 6.54 Å². The first-order valence-corrected chi connectivity index (χ1v) is 6.70. The molecular formula is C13H10F2N4S. The van der Waals surface area contributed by atoms with Crippen LogP contribution in [0.5, 0.6) is 0 Å². The molecule has 20 heavy (non-hydrogen) atoms.